The Morgan fingerprint density at radius 1 is 1.32 bits per heavy atom. The molecule has 0 aromatic carbocycles. The van der Waals surface area contributed by atoms with Gasteiger partial charge in [0.25, 0.3) is 0 Å². The quantitative estimate of drug-likeness (QED) is 0.696. The van der Waals surface area contributed by atoms with Crippen molar-refractivity contribution >= 4 is 5.91 Å². The van der Waals surface area contributed by atoms with Gasteiger partial charge in [-0.1, -0.05) is 0 Å². The minimum absolute atomic E-state index is 0.202. The van der Waals surface area contributed by atoms with E-state index in [4.69, 9.17) is 5.73 Å². The van der Waals surface area contributed by atoms with Gasteiger partial charge in [0.2, 0.25) is 5.91 Å². The Morgan fingerprint density at radius 2 is 1.84 bits per heavy atom. The van der Waals surface area contributed by atoms with E-state index in [1.54, 1.807) is 0 Å². The standard InChI is InChI=1S/C12H24F3N3O/c1-9(2)18(4)8-6-5-7-17-10(19)11(3,16)12(13,14)15/h9H,5-8,16H2,1-4H3,(H,17,19). The van der Waals surface area contributed by atoms with Gasteiger partial charge in [-0.2, -0.15) is 13.2 Å². The molecule has 7 heteroatoms. The fraction of sp³-hybridized carbons (Fsp3) is 0.917. The third-order valence-corrected chi connectivity index (χ3v) is 3.17. The third kappa shape index (κ3) is 5.78. The number of unbranched alkanes of at least 4 members (excludes halogenated alkanes) is 1. The van der Waals surface area contributed by atoms with Crippen molar-refractivity contribution in [3.8, 4) is 0 Å². The van der Waals surface area contributed by atoms with Gasteiger partial charge in [0.15, 0.2) is 5.54 Å². The number of hydrogen-bond acceptors (Lipinski definition) is 3. The lowest BCUT2D eigenvalue weighted by molar-refractivity contribution is -0.187. The van der Waals surface area contributed by atoms with Crippen molar-refractivity contribution in [3.05, 3.63) is 0 Å². The molecule has 1 amide bonds. The van der Waals surface area contributed by atoms with Gasteiger partial charge in [0, 0.05) is 12.6 Å². The van der Waals surface area contributed by atoms with Crippen molar-refractivity contribution < 1.29 is 18.0 Å². The second-order valence-electron chi connectivity index (χ2n) is 5.24. The van der Waals surface area contributed by atoms with Crippen LogP contribution in [0.3, 0.4) is 0 Å². The van der Waals surface area contributed by atoms with E-state index in [2.05, 4.69) is 24.1 Å². The molecule has 0 saturated heterocycles. The van der Waals surface area contributed by atoms with Gasteiger partial charge in [-0.15, -0.1) is 0 Å². The summed E-state index contributed by atoms with van der Waals surface area (Å²) in [7, 11) is 1.98. The number of halogens is 3. The van der Waals surface area contributed by atoms with Crippen LogP contribution >= 0.6 is 0 Å². The van der Waals surface area contributed by atoms with Crippen molar-refractivity contribution in [2.24, 2.45) is 5.73 Å². The molecule has 0 saturated carbocycles. The van der Waals surface area contributed by atoms with Crippen LogP contribution in [0.4, 0.5) is 13.2 Å². The molecule has 0 aromatic heterocycles. The molecular formula is C12H24F3N3O. The first-order valence-electron chi connectivity index (χ1n) is 6.34. The Bertz CT molecular complexity index is 290. The van der Waals surface area contributed by atoms with Crippen LogP contribution in [-0.4, -0.2) is 48.7 Å². The largest absolute Gasteiger partial charge is 0.415 e. The fourth-order valence-corrected chi connectivity index (χ4v) is 1.26. The Kier molecular flexibility index (Phi) is 6.79. The lowest BCUT2D eigenvalue weighted by Gasteiger charge is -2.26. The van der Waals surface area contributed by atoms with Gasteiger partial charge in [-0.05, 0) is 47.2 Å². The number of amides is 1. The number of nitrogens with two attached hydrogens (primary N) is 1. The molecule has 0 spiro atoms. The molecule has 1 unspecified atom stereocenters. The predicted molar refractivity (Wildman–Crippen MR) is 68.7 cm³/mol. The molecule has 0 fully saturated rings. The van der Waals surface area contributed by atoms with E-state index < -0.39 is 17.6 Å². The Morgan fingerprint density at radius 3 is 2.26 bits per heavy atom. The third-order valence-electron chi connectivity index (χ3n) is 3.17. The van der Waals surface area contributed by atoms with Crippen LogP contribution in [0.25, 0.3) is 0 Å². The Labute approximate surface area is 112 Å². The van der Waals surface area contributed by atoms with Gasteiger partial charge in [0.05, 0.1) is 0 Å². The molecule has 4 nitrogen and oxygen atoms in total. The van der Waals surface area contributed by atoms with E-state index in [9.17, 15) is 18.0 Å². The second-order valence-corrected chi connectivity index (χ2v) is 5.24. The number of nitrogens with zero attached hydrogens (tertiary/aromatic N) is 1. The second kappa shape index (κ2) is 7.09. The minimum Gasteiger partial charge on any atom is -0.354 e. The monoisotopic (exact) mass is 283 g/mol. The summed E-state index contributed by atoms with van der Waals surface area (Å²) in [5, 5.41) is 2.23. The summed E-state index contributed by atoms with van der Waals surface area (Å²) in [4.78, 5) is 13.5. The summed E-state index contributed by atoms with van der Waals surface area (Å²) in [6.07, 6.45) is -3.31. The molecule has 0 aliphatic heterocycles. The van der Waals surface area contributed by atoms with Gasteiger partial charge in [0.1, 0.15) is 0 Å². The minimum atomic E-state index is -4.74. The number of carbonyl (C=O) groups is 1. The number of alkyl halides is 3. The zero-order valence-corrected chi connectivity index (χ0v) is 12.0. The van der Waals surface area contributed by atoms with Gasteiger partial charge < -0.3 is 16.0 Å². The van der Waals surface area contributed by atoms with Crippen LogP contribution in [0.5, 0.6) is 0 Å². The molecule has 0 bridgehead atoms. The van der Waals surface area contributed by atoms with Crippen LogP contribution in [0.1, 0.15) is 33.6 Å². The summed E-state index contributed by atoms with van der Waals surface area (Å²) < 4.78 is 37.4. The molecule has 0 heterocycles. The van der Waals surface area contributed by atoms with Crippen LogP contribution in [0.15, 0.2) is 0 Å². The molecule has 0 radical (unpaired) electrons. The number of rotatable bonds is 7. The highest BCUT2D eigenvalue weighted by molar-refractivity contribution is 5.86. The zero-order valence-electron chi connectivity index (χ0n) is 12.0. The smallest absolute Gasteiger partial charge is 0.354 e. The topological polar surface area (TPSA) is 58.4 Å². The van der Waals surface area contributed by atoms with E-state index in [1.807, 2.05) is 7.05 Å². The molecule has 0 aliphatic rings. The number of carbonyl (C=O) groups excluding carboxylic acids is 1. The van der Waals surface area contributed by atoms with E-state index in [0.717, 1.165) is 13.0 Å². The van der Waals surface area contributed by atoms with Crippen molar-refractivity contribution in [2.45, 2.75) is 51.4 Å². The first-order chi connectivity index (χ1) is 8.50. The molecule has 0 rings (SSSR count). The normalized spacial score (nSPS) is 15.7. The predicted octanol–water partition coefficient (Wildman–Crippen LogP) is 1.50. The van der Waals surface area contributed by atoms with Crippen LogP contribution < -0.4 is 11.1 Å². The molecule has 19 heavy (non-hydrogen) atoms. The highest BCUT2D eigenvalue weighted by Gasteiger charge is 2.53. The van der Waals surface area contributed by atoms with E-state index in [1.165, 1.54) is 0 Å². The SMILES string of the molecule is CC(C)N(C)CCCCNC(=O)C(C)(N)C(F)(F)F. The lowest BCUT2D eigenvalue weighted by Crippen LogP contribution is -2.61. The maximum atomic E-state index is 12.5. The van der Waals surface area contributed by atoms with Gasteiger partial charge >= 0.3 is 6.18 Å². The first kappa shape index (κ1) is 18.2. The number of hydrogen-bond donors (Lipinski definition) is 2. The molecule has 0 aliphatic carbocycles. The molecule has 0 aromatic rings. The zero-order chi connectivity index (χ0) is 15.3. The van der Waals surface area contributed by atoms with Crippen LogP contribution in [0.2, 0.25) is 0 Å². The van der Waals surface area contributed by atoms with E-state index in [-0.39, 0.29) is 6.54 Å². The van der Waals surface area contributed by atoms with Crippen molar-refractivity contribution in [3.63, 3.8) is 0 Å². The Hall–Kier alpha value is -0.820. The molecule has 114 valence electrons. The maximum absolute atomic E-state index is 12.5. The van der Waals surface area contributed by atoms with Crippen molar-refractivity contribution in [1.82, 2.24) is 10.2 Å². The van der Waals surface area contributed by atoms with Crippen molar-refractivity contribution in [2.75, 3.05) is 20.1 Å². The average Bonchev–Trinajstić information content (AvgIpc) is 2.26. The van der Waals surface area contributed by atoms with Crippen molar-refractivity contribution in [1.29, 1.82) is 0 Å². The summed E-state index contributed by atoms with van der Waals surface area (Å²) in [6, 6.07) is 0.423. The van der Waals surface area contributed by atoms with Gasteiger partial charge in [-0.3, -0.25) is 4.79 Å². The maximum Gasteiger partial charge on any atom is 0.415 e. The lowest BCUT2D eigenvalue weighted by atomic mass is 10.0. The fourth-order valence-electron chi connectivity index (χ4n) is 1.26. The Balaban J connectivity index is 3.94. The summed E-state index contributed by atoms with van der Waals surface area (Å²) in [5.74, 6) is -1.18. The first-order valence-corrected chi connectivity index (χ1v) is 6.34. The molecule has 1 atom stereocenters. The van der Waals surface area contributed by atoms with E-state index in [0.29, 0.717) is 19.4 Å². The highest BCUT2D eigenvalue weighted by atomic mass is 19.4. The van der Waals surface area contributed by atoms with Gasteiger partial charge in [-0.25, -0.2) is 0 Å². The van der Waals surface area contributed by atoms with Crippen LogP contribution in [-0.2, 0) is 4.79 Å². The average molecular weight is 283 g/mol. The summed E-state index contributed by atoms with van der Waals surface area (Å²) in [6.45, 7) is 5.84. The highest BCUT2D eigenvalue weighted by Crippen LogP contribution is 2.27. The number of nitrogens with one attached hydrogen (secondary N) is 1. The summed E-state index contributed by atoms with van der Waals surface area (Å²) in [5.41, 5.74) is 2.16. The summed E-state index contributed by atoms with van der Waals surface area (Å²) >= 11 is 0. The molecular weight excluding hydrogens is 259 g/mol. The van der Waals surface area contributed by atoms with Crippen LogP contribution in [0, 0.1) is 0 Å². The van der Waals surface area contributed by atoms with E-state index >= 15 is 0 Å². The molecule has 3 N–H and O–H groups in total.